The van der Waals surface area contributed by atoms with Crippen LogP contribution in [-0.2, 0) is 10.0 Å². The molecule has 2 rings (SSSR count). The highest BCUT2D eigenvalue weighted by Gasteiger charge is 2.21. The molecule has 9 heteroatoms. The van der Waals surface area contributed by atoms with Crippen LogP contribution in [-0.4, -0.2) is 54.3 Å². The first-order valence-electron chi connectivity index (χ1n) is 9.23. The second-order valence-electron chi connectivity index (χ2n) is 6.82. The predicted molar refractivity (Wildman–Crippen MR) is 112 cm³/mol. The van der Waals surface area contributed by atoms with Crippen LogP contribution >= 0.6 is 11.6 Å². The number of rotatable bonds is 9. The van der Waals surface area contributed by atoms with Crippen LogP contribution in [0.3, 0.4) is 0 Å². The van der Waals surface area contributed by atoms with Gasteiger partial charge < -0.3 is 5.32 Å². The van der Waals surface area contributed by atoms with Crippen molar-refractivity contribution in [2.75, 3.05) is 25.9 Å². The predicted octanol–water partition coefficient (Wildman–Crippen LogP) is 3.05. The van der Waals surface area contributed by atoms with E-state index in [1.807, 2.05) is 26.0 Å². The molecule has 0 aliphatic carbocycles. The SMILES string of the molecule is CCS(=O)(=O)N(C)CCCNC(=O)c1cnn(-c2ccc(Cl)cc2)c1C(C)C. The number of amides is 1. The van der Waals surface area contributed by atoms with Crippen LogP contribution in [0.2, 0.25) is 5.02 Å². The molecule has 0 saturated heterocycles. The molecule has 1 N–H and O–H groups in total. The first-order chi connectivity index (χ1) is 13.2. The van der Waals surface area contributed by atoms with Crippen LogP contribution in [0, 0.1) is 0 Å². The summed E-state index contributed by atoms with van der Waals surface area (Å²) in [6.07, 6.45) is 2.09. The van der Waals surface area contributed by atoms with E-state index in [0.717, 1.165) is 11.4 Å². The largest absolute Gasteiger partial charge is 0.352 e. The molecule has 154 valence electrons. The van der Waals surface area contributed by atoms with Gasteiger partial charge in [-0.05, 0) is 43.5 Å². The molecule has 0 bridgehead atoms. The lowest BCUT2D eigenvalue weighted by molar-refractivity contribution is 0.0951. The van der Waals surface area contributed by atoms with Crippen molar-refractivity contribution in [1.29, 1.82) is 0 Å². The molecule has 0 aliphatic heterocycles. The van der Waals surface area contributed by atoms with E-state index < -0.39 is 10.0 Å². The Morgan fingerprint density at radius 2 is 1.93 bits per heavy atom. The van der Waals surface area contributed by atoms with Gasteiger partial charge in [0, 0.05) is 25.2 Å². The molecule has 1 aromatic carbocycles. The van der Waals surface area contributed by atoms with Gasteiger partial charge in [0.2, 0.25) is 10.0 Å². The molecule has 0 unspecified atom stereocenters. The monoisotopic (exact) mass is 426 g/mol. The molecular weight excluding hydrogens is 400 g/mol. The maximum atomic E-state index is 12.6. The molecule has 0 spiro atoms. The summed E-state index contributed by atoms with van der Waals surface area (Å²) in [5, 5.41) is 7.88. The van der Waals surface area contributed by atoms with Crippen LogP contribution in [0.15, 0.2) is 30.5 Å². The normalized spacial score (nSPS) is 12.0. The van der Waals surface area contributed by atoms with Crippen LogP contribution in [0.1, 0.15) is 49.2 Å². The third-order valence-corrected chi connectivity index (χ3v) is 6.56. The zero-order chi connectivity index (χ0) is 20.9. The molecule has 7 nitrogen and oxygen atoms in total. The van der Waals surface area contributed by atoms with Gasteiger partial charge >= 0.3 is 0 Å². The van der Waals surface area contributed by atoms with Gasteiger partial charge in [-0.2, -0.15) is 5.10 Å². The van der Waals surface area contributed by atoms with E-state index in [4.69, 9.17) is 11.6 Å². The molecular formula is C19H27ClN4O3S. The Morgan fingerprint density at radius 3 is 2.50 bits per heavy atom. The lowest BCUT2D eigenvalue weighted by atomic mass is 10.0. The summed E-state index contributed by atoms with van der Waals surface area (Å²) < 4.78 is 26.6. The standard InChI is InChI=1S/C19H27ClN4O3S/c1-5-28(26,27)23(4)12-6-11-21-19(25)17-13-22-24(18(17)14(2)3)16-9-7-15(20)8-10-16/h7-10,13-14H,5-6,11-12H2,1-4H3,(H,21,25). The van der Waals surface area contributed by atoms with Gasteiger partial charge in [-0.25, -0.2) is 17.4 Å². The van der Waals surface area contributed by atoms with Crippen LogP contribution < -0.4 is 5.32 Å². The highest BCUT2D eigenvalue weighted by molar-refractivity contribution is 7.89. The second kappa shape index (κ2) is 9.54. The third kappa shape index (κ3) is 5.33. The molecule has 28 heavy (non-hydrogen) atoms. The van der Waals surface area contributed by atoms with Crippen molar-refractivity contribution in [3.05, 3.63) is 46.7 Å². The molecule has 1 heterocycles. The molecule has 1 amide bonds. The van der Waals surface area contributed by atoms with Gasteiger partial charge in [0.15, 0.2) is 0 Å². The molecule has 0 fully saturated rings. The summed E-state index contributed by atoms with van der Waals surface area (Å²) in [4.78, 5) is 12.6. The number of hydrogen-bond acceptors (Lipinski definition) is 4. The summed E-state index contributed by atoms with van der Waals surface area (Å²) in [5.41, 5.74) is 2.16. The van der Waals surface area contributed by atoms with Crippen molar-refractivity contribution >= 4 is 27.5 Å². The maximum Gasteiger partial charge on any atom is 0.254 e. The summed E-state index contributed by atoms with van der Waals surface area (Å²) in [6, 6.07) is 7.27. The van der Waals surface area contributed by atoms with E-state index in [-0.39, 0.29) is 17.6 Å². The second-order valence-corrected chi connectivity index (χ2v) is 9.62. The highest BCUT2D eigenvalue weighted by Crippen LogP contribution is 2.24. The highest BCUT2D eigenvalue weighted by atomic mass is 35.5. The first kappa shape index (κ1) is 22.4. The van der Waals surface area contributed by atoms with Crippen molar-refractivity contribution in [1.82, 2.24) is 19.4 Å². The van der Waals surface area contributed by atoms with Crippen molar-refractivity contribution < 1.29 is 13.2 Å². The van der Waals surface area contributed by atoms with Crippen LogP contribution in [0.25, 0.3) is 5.69 Å². The molecule has 0 saturated carbocycles. The summed E-state index contributed by atoms with van der Waals surface area (Å²) >= 11 is 5.95. The first-order valence-corrected chi connectivity index (χ1v) is 11.2. The lowest BCUT2D eigenvalue weighted by Crippen LogP contribution is -2.32. The van der Waals surface area contributed by atoms with Crippen molar-refractivity contribution in [3.63, 3.8) is 0 Å². The van der Waals surface area contributed by atoms with Crippen LogP contribution in [0.5, 0.6) is 0 Å². The molecule has 0 atom stereocenters. The third-order valence-electron chi connectivity index (χ3n) is 4.44. The summed E-state index contributed by atoms with van der Waals surface area (Å²) in [7, 11) is -1.65. The zero-order valence-electron chi connectivity index (χ0n) is 16.6. The Balaban J connectivity index is 2.06. The Bertz CT molecular complexity index is 908. The number of nitrogens with zero attached hydrogens (tertiary/aromatic N) is 3. The Labute approximate surface area is 171 Å². The lowest BCUT2D eigenvalue weighted by Gasteiger charge is -2.16. The minimum atomic E-state index is -3.20. The van der Waals surface area contributed by atoms with Crippen molar-refractivity contribution in [2.45, 2.75) is 33.1 Å². The number of halogens is 1. The van der Waals surface area contributed by atoms with Gasteiger partial charge in [-0.3, -0.25) is 4.79 Å². The number of benzene rings is 1. The number of carbonyl (C=O) groups excluding carboxylic acids is 1. The Hall–Kier alpha value is -1.90. The fourth-order valence-corrected chi connectivity index (χ4v) is 3.81. The Kier molecular flexibility index (Phi) is 7.63. The number of nitrogens with one attached hydrogen (secondary N) is 1. The average molecular weight is 427 g/mol. The smallest absolute Gasteiger partial charge is 0.254 e. The van der Waals surface area contributed by atoms with Gasteiger partial charge in [0.25, 0.3) is 5.91 Å². The van der Waals surface area contributed by atoms with Crippen molar-refractivity contribution in [3.8, 4) is 5.69 Å². The van der Waals surface area contributed by atoms with Crippen molar-refractivity contribution in [2.24, 2.45) is 0 Å². The minimum absolute atomic E-state index is 0.0670. The minimum Gasteiger partial charge on any atom is -0.352 e. The zero-order valence-corrected chi connectivity index (χ0v) is 18.2. The molecule has 0 aliphatic rings. The number of sulfonamides is 1. The van der Waals surface area contributed by atoms with Gasteiger partial charge in [0.1, 0.15) is 0 Å². The number of carbonyl (C=O) groups is 1. The van der Waals surface area contributed by atoms with Crippen LogP contribution in [0.4, 0.5) is 0 Å². The number of aromatic nitrogens is 2. The fourth-order valence-electron chi connectivity index (χ4n) is 2.83. The topological polar surface area (TPSA) is 84.3 Å². The van der Waals surface area contributed by atoms with E-state index in [1.165, 1.54) is 4.31 Å². The number of hydrogen-bond donors (Lipinski definition) is 1. The fraction of sp³-hybridized carbons (Fsp3) is 0.474. The summed E-state index contributed by atoms with van der Waals surface area (Å²) in [5.74, 6) is -0.0676. The quantitative estimate of drug-likeness (QED) is 0.624. The van der Waals surface area contributed by atoms with Gasteiger partial charge in [0.05, 0.1) is 28.9 Å². The van der Waals surface area contributed by atoms with Gasteiger partial charge in [-0.15, -0.1) is 0 Å². The van der Waals surface area contributed by atoms with E-state index in [1.54, 1.807) is 37.0 Å². The van der Waals surface area contributed by atoms with E-state index in [9.17, 15) is 13.2 Å². The maximum absolute atomic E-state index is 12.6. The Morgan fingerprint density at radius 1 is 1.29 bits per heavy atom. The molecule has 1 aromatic heterocycles. The van der Waals surface area contributed by atoms with E-state index in [0.29, 0.717) is 30.1 Å². The van der Waals surface area contributed by atoms with Gasteiger partial charge in [-0.1, -0.05) is 25.4 Å². The molecule has 2 aromatic rings. The average Bonchev–Trinajstić information content (AvgIpc) is 3.10. The van der Waals surface area contributed by atoms with E-state index in [2.05, 4.69) is 10.4 Å². The molecule has 0 radical (unpaired) electrons. The summed E-state index contributed by atoms with van der Waals surface area (Å²) in [6.45, 7) is 6.36. The van der Waals surface area contributed by atoms with E-state index >= 15 is 0 Å².